The van der Waals surface area contributed by atoms with E-state index in [2.05, 4.69) is 62.3 Å². The van der Waals surface area contributed by atoms with Crippen LogP contribution in [0.25, 0.3) is 0 Å². The standard InChI is InChI=1S/C16H23N3S/c1-5-17-12(2)15-13(3)18-16(20-15)19(4)11-14-9-7-6-8-10-14/h6-10,12,17H,5,11H2,1-4H3. The summed E-state index contributed by atoms with van der Waals surface area (Å²) in [4.78, 5) is 8.27. The minimum Gasteiger partial charge on any atom is -0.347 e. The van der Waals surface area contributed by atoms with Crippen molar-refractivity contribution in [1.29, 1.82) is 0 Å². The number of aromatic nitrogens is 1. The van der Waals surface area contributed by atoms with Gasteiger partial charge in [0.25, 0.3) is 0 Å². The van der Waals surface area contributed by atoms with Crippen LogP contribution in [0.2, 0.25) is 0 Å². The third kappa shape index (κ3) is 3.58. The van der Waals surface area contributed by atoms with Gasteiger partial charge in [-0.3, -0.25) is 0 Å². The second kappa shape index (κ2) is 6.86. The van der Waals surface area contributed by atoms with Gasteiger partial charge in [0.15, 0.2) is 5.13 Å². The van der Waals surface area contributed by atoms with Gasteiger partial charge in [-0.25, -0.2) is 4.98 Å². The zero-order valence-electron chi connectivity index (χ0n) is 12.7. The molecule has 1 aromatic carbocycles. The summed E-state index contributed by atoms with van der Waals surface area (Å²) in [6.45, 7) is 8.30. The van der Waals surface area contributed by atoms with Crippen LogP contribution in [0.3, 0.4) is 0 Å². The van der Waals surface area contributed by atoms with Crippen LogP contribution in [0.15, 0.2) is 30.3 Å². The summed E-state index contributed by atoms with van der Waals surface area (Å²) in [5.41, 5.74) is 2.45. The van der Waals surface area contributed by atoms with Crippen molar-refractivity contribution in [3.05, 3.63) is 46.5 Å². The molecule has 2 aromatic rings. The van der Waals surface area contributed by atoms with Crippen molar-refractivity contribution in [2.75, 3.05) is 18.5 Å². The van der Waals surface area contributed by atoms with Gasteiger partial charge in [0, 0.05) is 24.5 Å². The Bertz CT molecular complexity index is 536. The molecule has 0 amide bonds. The molecule has 0 fully saturated rings. The lowest BCUT2D eigenvalue weighted by Gasteiger charge is -2.15. The molecule has 0 radical (unpaired) electrons. The third-order valence-corrected chi connectivity index (χ3v) is 4.77. The van der Waals surface area contributed by atoms with Crippen molar-refractivity contribution in [1.82, 2.24) is 10.3 Å². The Labute approximate surface area is 125 Å². The van der Waals surface area contributed by atoms with Gasteiger partial charge in [0.1, 0.15) is 0 Å². The van der Waals surface area contributed by atoms with Crippen LogP contribution in [0.4, 0.5) is 5.13 Å². The largest absolute Gasteiger partial charge is 0.347 e. The van der Waals surface area contributed by atoms with Gasteiger partial charge in [0.05, 0.1) is 5.69 Å². The molecule has 0 aliphatic carbocycles. The van der Waals surface area contributed by atoms with Crippen molar-refractivity contribution in [2.45, 2.75) is 33.4 Å². The van der Waals surface area contributed by atoms with Gasteiger partial charge in [0.2, 0.25) is 0 Å². The van der Waals surface area contributed by atoms with E-state index in [0.29, 0.717) is 6.04 Å². The maximum atomic E-state index is 4.71. The number of hydrogen-bond acceptors (Lipinski definition) is 4. The summed E-state index contributed by atoms with van der Waals surface area (Å²) in [7, 11) is 2.10. The predicted octanol–water partition coefficient (Wildman–Crippen LogP) is 3.76. The predicted molar refractivity (Wildman–Crippen MR) is 87.5 cm³/mol. The highest BCUT2D eigenvalue weighted by Crippen LogP contribution is 2.30. The Morgan fingerprint density at radius 2 is 2.00 bits per heavy atom. The first-order valence-corrected chi connectivity index (χ1v) is 7.89. The molecular formula is C16H23N3S. The van der Waals surface area contributed by atoms with E-state index in [9.17, 15) is 0 Å². The molecule has 108 valence electrons. The van der Waals surface area contributed by atoms with Gasteiger partial charge in [-0.15, -0.1) is 11.3 Å². The minimum absolute atomic E-state index is 0.372. The highest BCUT2D eigenvalue weighted by atomic mass is 32.1. The van der Waals surface area contributed by atoms with E-state index in [1.807, 2.05) is 6.07 Å². The number of anilines is 1. The number of nitrogens with zero attached hydrogens (tertiary/aromatic N) is 2. The summed E-state index contributed by atoms with van der Waals surface area (Å²) in [6.07, 6.45) is 0. The summed E-state index contributed by atoms with van der Waals surface area (Å²) < 4.78 is 0. The van der Waals surface area contributed by atoms with Gasteiger partial charge in [-0.2, -0.15) is 0 Å². The van der Waals surface area contributed by atoms with E-state index in [-0.39, 0.29) is 0 Å². The molecule has 0 spiro atoms. The lowest BCUT2D eigenvalue weighted by Crippen LogP contribution is -2.17. The Hall–Kier alpha value is -1.39. The lowest BCUT2D eigenvalue weighted by molar-refractivity contribution is 0.603. The first-order chi connectivity index (χ1) is 9.61. The monoisotopic (exact) mass is 289 g/mol. The average Bonchev–Trinajstić information content (AvgIpc) is 2.82. The normalized spacial score (nSPS) is 12.4. The molecule has 1 heterocycles. The molecule has 3 nitrogen and oxygen atoms in total. The second-order valence-electron chi connectivity index (χ2n) is 5.07. The number of benzene rings is 1. The molecule has 0 aliphatic heterocycles. The average molecular weight is 289 g/mol. The minimum atomic E-state index is 0.372. The third-order valence-electron chi connectivity index (χ3n) is 3.31. The molecule has 0 saturated carbocycles. The Morgan fingerprint density at radius 1 is 1.30 bits per heavy atom. The zero-order valence-corrected chi connectivity index (χ0v) is 13.5. The molecule has 1 unspecified atom stereocenters. The fraction of sp³-hybridized carbons (Fsp3) is 0.438. The summed E-state index contributed by atoms with van der Waals surface area (Å²) >= 11 is 1.79. The van der Waals surface area contributed by atoms with Crippen LogP contribution in [0, 0.1) is 6.92 Å². The summed E-state index contributed by atoms with van der Waals surface area (Å²) in [5, 5.41) is 4.55. The lowest BCUT2D eigenvalue weighted by atomic mass is 10.2. The van der Waals surface area contributed by atoms with Crippen LogP contribution in [0.5, 0.6) is 0 Å². The molecule has 0 aliphatic rings. The Kier molecular flexibility index (Phi) is 5.15. The fourth-order valence-electron chi connectivity index (χ4n) is 2.28. The van der Waals surface area contributed by atoms with Crippen molar-refractivity contribution in [3.8, 4) is 0 Å². The molecule has 0 bridgehead atoms. The second-order valence-corrected chi connectivity index (χ2v) is 6.08. The van der Waals surface area contributed by atoms with E-state index in [1.165, 1.54) is 10.4 Å². The first-order valence-electron chi connectivity index (χ1n) is 7.07. The molecule has 0 saturated heterocycles. The van der Waals surface area contributed by atoms with Crippen molar-refractivity contribution < 1.29 is 0 Å². The summed E-state index contributed by atoms with van der Waals surface area (Å²) in [6, 6.07) is 10.9. The van der Waals surface area contributed by atoms with Crippen molar-refractivity contribution in [3.63, 3.8) is 0 Å². The number of aryl methyl sites for hydroxylation is 1. The van der Waals surface area contributed by atoms with Crippen LogP contribution < -0.4 is 10.2 Å². The number of hydrogen-bond donors (Lipinski definition) is 1. The molecule has 20 heavy (non-hydrogen) atoms. The van der Waals surface area contributed by atoms with E-state index in [0.717, 1.165) is 23.9 Å². The molecule has 2 rings (SSSR count). The van der Waals surface area contributed by atoms with Gasteiger partial charge in [-0.05, 0) is 26.0 Å². The topological polar surface area (TPSA) is 28.2 Å². The van der Waals surface area contributed by atoms with Crippen LogP contribution in [-0.4, -0.2) is 18.6 Å². The first kappa shape index (κ1) is 15.0. The maximum Gasteiger partial charge on any atom is 0.185 e. The van der Waals surface area contributed by atoms with Gasteiger partial charge >= 0.3 is 0 Å². The molecule has 4 heteroatoms. The smallest absolute Gasteiger partial charge is 0.185 e. The molecule has 1 N–H and O–H groups in total. The molecule has 1 aromatic heterocycles. The highest BCUT2D eigenvalue weighted by molar-refractivity contribution is 7.15. The Balaban J connectivity index is 2.11. The van der Waals surface area contributed by atoms with E-state index in [4.69, 9.17) is 4.98 Å². The SMILES string of the molecule is CCNC(C)c1sc(N(C)Cc2ccccc2)nc1C. The van der Waals surface area contributed by atoms with E-state index < -0.39 is 0 Å². The van der Waals surface area contributed by atoms with Crippen LogP contribution in [0.1, 0.15) is 36.0 Å². The molecule has 1 atom stereocenters. The van der Waals surface area contributed by atoms with Crippen molar-refractivity contribution in [2.24, 2.45) is 0 Å². The quantitative estimate of drug-likeness (QED) is 0.877. The van der Waals surface area contributed by atoms with E-state index >= 15 is 0 Å². The van der Waals surface area contributed by atoms with E-state index in [1.54, 1.807) is 11.3 Å². The Morgan fingerprint density at radius 3 is 2.65 bits per heavy atom. The van der Waals surface area contributed by atoms with Gasteiger partial charge in [-0.1, -0.05) is 37.3 Å². The van der Waals surface area contributed by atoms with Crippen molar-refractivity contribution >= 4 is 16.5 Å². The van der Waals surface area contributed by atoms with Gasteiger partial charge < -0.3 is 10.2 Å². The fourth-order valence-corrected chi connectivity index (χ4v) is 3.34. The van der Waals surface area contributed by atoms with Crippen LogP contribution in [-0.2, 0) is 6.54 Å². The zero-order chi connectivity index (χ0) is 14.5. The molecular weight excluding hydrogens is 266 g/mol. The summed E-state index contributed by atoms with van der Waals surface area (Å²) in [5.74, 6) is 0. The van der Waals surface area contributed by atoms with Crippen LogP contribution >= 0.6 is 11.3 Å². The number of thiazole rings is 1. The number of nitrogens with one attached hydrogen (secondary N) is 1. The highest BCUT2D eigenvalue weighted by Gasteiger charge is 2.15. The maximum absolute atomic E-state index is 4.71. The number of rotatable bonds is 6.